The van der Waals surface area contributed by atoms with Gasteiger partial charge in [0.1, 0.15) is 0 Å². The fourth-order valence-corrected chi connectivity index (χ4v) is 5.61. The van der Waals surface area contributed by atoms with E-state index in [1.165, 1.54) is 5.57 Å². The lowest BCUT2D eigenvalue weighted by atomic mass is 9.76. The second kappa shape index (κ2) is 17.6. The third-order valence-electron chi connectivity index (χ3n) is 8.88. The van der Waals surface area contributed by atoms with Gasteiger partial charge in [-0.25, -0.2) is 0 Å². The molecule has 0 bridgehead atoms. The van der Waals surface area contributed by atoms with Crippen LogP contribution in [0.5, 0.6) is 0 Å². The number of aliphatic hydroxyl groups excluding tert-OH is 1. The van der Waals surface area contributed by atoms with Gasteiger partial charge >= 0.3 is 0 Å². The van der Waals surface area contributed by atoms with Gasteiger partial charge in [-0.2, -0.15) is 0 Å². The van der Waals surface area contributed by atoms with Crippen LogP contribution in [0, 0.1) is 29.6 Å². The van der Waals surface area contributed by atoms with Gasteiger partial charge in [0.2, 0.25) is 0 Å². The lowest BCUT2D eigenvalue weighted by molar-refractivity contribution is -0.311. The molecule has 0 heterocycles. The fourth-order valence-electron chi connectivity index (χ4n) is 5.61. The predicted molar refractivity (Wildman–Crippen MR) is 151 cm³/mol. The normalized spacial score (nSPS) is 26.2. The van der Waals surface area contributed by atoms with Crippen LogP contribution >= 0.6 is 0 Å². The number of hydrogen-bond donors (Lipinski definition) is 2. The van der Waals surface area contributed by atoms with Crippen molar-refractivity contribution in [3.63, 3.8) is 0 Å². The SMILES string of the molecule is CCCCOC1C(CCC(C)CCCC(C)(O)CCCC(C)CCCC(C)C(=O)[O-])=CC(O)C(C)C1C. The van der Waals surface area contributed by atoms with Crippen LogP contribution in [0.25, 0.3) is 0 Å². The minimum Gasteiger partial charge on any atom is -0.550 e. The summed E-state index contributed by atoms with van der Waals surface area (Å²) in [5, 5.41) is 32.2. The quantitative estimate of drug-likeness (QED) is 0.141. The summed E-state index contributed by atoms with van der Waals surface area (Å²) < 4.78 is 6.28. The predicted octanol–water partition coefficient (Wildman–Crippen LogP) is 6.45. The van der Waals surface area contributed by atoms with Crippen LogP contribution in [-0.4, -0.2) is 40.6 Å². The Balaban J connectivity index is 2.33. The van der Waals surface area contributed by atoms with E-state index in [1.807, 2.05) is 6.92 Å². The number of carbonyl (C=O) groups excluding carboxylic acids is 1. The summed E-state index contributed by atoms with van der Waals surface area (Å²) in [6.07, 6.45) is 14.6. The Morgan fingerprint density at radius 3 is 2.11 bits per heavy atom. The first kappa shape index (κ1) is 34.1. The molecule has 2 N–H and O–H groups in total. The Morgan fingerprint density at radius 2 is 1.54 bits per heavy atom. The molecule has 0 aromatic heterocycles. The van der Waals surface area contributed by atoms with Gasteiger partial charge in [-0.05, 0) is 80.6 Å². The minimum absolute atomic E-state index is 0.123. The molecular formula is C32H59O5-. The summed E-state index contributed by atoms with van der Waals surface area (Å²) in [6, 6.07) is 0. The zero-order chi connectivity index (χ0) is 28.0. The van der Waals surface area contributed by atoms with Crippen molar-refractivity contribution in [1.82, 2.24) is 0 Å². The van der Waals surface area contributed by atoms with Crippen molar-refractivity contribution in [3.05, 3.63) is 11.6 Å². The minimum atomic E-state index is -0.951. The molecule has 37 heavy (non-hydrogen) atoms. The maximum absolute atomic E-state index is 10.9. The molecule has 0 fully saturated rings. The monoisotopic (exact) mass is 523 g/mol. The van der Waals surface area contributed by atoms with Crippen molar-refractivity contribution in [3.8, 4) is 0 Å². The van der Waals surface area contributed by atoms with Gasteiger partial charge in [-0.3, -0.25) is 0 Å². The number of aliphatic hydroxyl groups is 2. The van der Waals surface area contributed by atoms with Crippen LogP contribution in [-0.2, 0) is 9.53 Å². The average molecular weight is 524 g/mol. The molecule has 8 atom stereocenters. The summed E-state index contributed by atoms with van der Waals surface area (Å²) in [4.78, 5) is 10.8. The maximum Gasteiger partial charge on any atom is 0.0815 e. The largest absolute Gasteiger partial charge is 0.550 e. The van der Waals surface area contributed by atoms with Gasteiger partial charge in [0, 0.05) is 12.6 Å². The first-order chi connectivity index (χ1) is 17.4. The Labute approximate surface area is 228 Å². The smallest absolute Gasteiger partial charge is 0.0815 e. The van der Waals surface area contributed by atoms with Crippen molar-refractivity contribution >= 4 is 5.97 Å². The highest BCUT2D eigenvalue weighted by atomic mass is 16.5. The molecule has 5 heteroatoms. The zero-order valence-electron chi connectivity index (χ0n) is 25.1. The second-order valence-corrected chi connectivity index (χ2v) is 12.8. The Hall–Kier alpha value is -0.910. The first-order valence-corrected chi connectivity index (χ1v) is 15.3. The number of unbranched alkanes of at least 4 members (excludes halogenated alkanes) is 1. The molecule has 218 valence electrons. The Bertz CT molecular complexity index is 658. The van der Waals surface area contributed by atoms with Crippen LogP contribution in [0.2, 0.25) is 0 Å². The molecule has 1 aliphatic rings. The summed E-state index contributed by atoms with van der Waals surface area (Å²) in [7, 11) is 0. The molecule has 0 aromatic carbocycles. The summed E-state index contributed by atoms with van der Waals surface area (Å²) in [5.74, 6) is 0.352. The van der Waals surface area contributed by atoms with Gasteiger partial charge in [0.25, 0.3) is 0 Å². The Kier molecular flexibility index (Phi) is 16.3. The topological polar surface area (TPSA) is 89.8 Å². The highest BCUT2D eigenvalue weighted by Gasteiger charge is 2.34. The molecule has 1 aliphatic carbocycles. The van der Waals surface area contributed by atoms with E-state index in [1.54, 1.807) is 6.92 Å². The lowest BCUT2D eigenvalue weighted by Crippen LogP contribution is -2.39. The van der Waals surface area contributed by atoms with Gasteiger partial charge in [0.15, 0.2) is 0 Å². The molecule has 0 aliphatic heterocycles. The van der Waals surface area contributed by atoms with Crippen molar-refractivity contribution in [2.24, 2.45) is 29.6 Å². The van der Waals surface area contributed by atoms with Gasteiger partial charge < -0.3 is 24.9 Å². The molecule has 8 unspecified atom stereocenters. The fraction of sp³-hybridized carbons (Fsp3) is 0.906. The van der Waals surface area contributed by atoms with Crippen molar-refractivity contribution in [2.75, 3.05) is 6.61 Å². The number of rotatable bonds is 20. The van der Waals surface area contributed by atoms with E-state index >= 15 is 0 Å². The number of hydrogen-bond acceptors (Lipinski definition) is 5. The zero-order valence-corrected chi connectivity index (χ0v) is 25.1. The number of carbonyl (C=O) groups is 1. The van der Waals surface area contributed by atoms with Crippen LogP contribution in [0.1, 0.15) is 132 Å². The summed E-state index contributed by atoms with van der Waals surface area (Å²) in [6.45, 7) is 15.5. The second-order valence-electron chi connectivity index (χ2n) is 12.8. The molecule has 0 aromatic rings. The molecular weight excluding hydrogens is 464 g/mol. The van der Waals surface area contributed by atoms with E-state index in [0.29, 0.717) is 24.2 Å². The molecule has 0 saturated carbocycles. The number of carboxylic acid groups (broad SMARTS) is 1. The third kappa shape index (κ3) is 13.6. The molecule has 1 rings (SSSR count). The van der Waals surface area contributed by atoms with E-state index in [0.717, 1.165) is 83.7 Å². The van der Waals surface area contributed by atoms with E-state index in [9.17, 15) is 20.1 Å². The van der Waals surface area contributed by atoms with Crippen molar-refractivity contribution in [1.29, 1.82) is 0 Å². The molecule has 0 amide bonds. The third-order valence-corrected chi connectivity index (χ3v) is 8.88. The van der Waals surface area contributed by atoms with E-state index < -0.39 is 11.6 Å². The average Bonchev–Trinajstić information content (AvgIpc) is 2.82. The maximum atomic E-state index is 10.9. The lowest BCUT2D eigenvalue weighted by Gasteiger charge is -2.38. The first-order valence-electron chi connectivity index (χ1n) is 15.3. The van der Waals surface area contributed by atoms with Crippen LogP contribution < -0.4 is 5.11 Å². The van der Waals surface area contributed by atoms with E-state index in [4.69, 9.17) is 4.74 Å². The summed E-state index contributed by atoms with van der Waals surface area (Å²) >= 11 is 0. The van der Waals surface area contributed by atoms with Gasteiger partial charge in [-0.15, -0.1) is 0 Å². The standard InChI is InChI=1S/C32H60O5/c1-8-9-21-37-30-27(6)26(5)29(33)22-28(30)18-17-24(3)15-12-20-32(7,36)19-11-14-23(2)13-10-16-25(4)31(34)35/h22-27,29-30,33,36H,8-21H2,1-7H3,(H,34,35)/p-1. The number of aliphatic carboxylic acids is 1. The molecule has 5 nitrogen and oxygen atoms in total. The van der Waals surface area contributed by atoms with E-state index in [2.05, 4.69) is 40.7 Å². The van der Waals surface area contributed by atoms with Crippen LogP contribution in [0.4, 0.5) is 0 Å². The Morgan fingerprint density at radius 1 is 0.973 bits per heavy atom. The van der Waals surface area contributed by atoms with Crippen molar-refractivity contribution in [2.45, 2.75) is 150 Å². The van der Waals surface area contributed by atoms with Crippen LogP contribution in [0.15, 0.2) is 11.6 Å². The van der Waals surface area contributed by atoms with Crippen molar-refractivity contribution < 1.29 is 24.9 Å². The molecule has 0 spiro atoms. The number of ether oxygens (including phenoxy) is 1. The number of carboxylic acids is 1. The van der Waals surface area contributed by atoms with Gasteiger partial charge in [0.05, 0.1) is 17.8 Å². The highest BCUT2D eigenvalue weighted by Crippen LogP contribution is 2.35. The van der Waals surface area contributed by atoms with E-state index in [-0.39, 0.29) is 24.0 Å². The van der Waals surface area contributed by atoms with Gasteiger partial charge in [-0.1, -0.05) is 92.6 Å². The highest BCUT2D eigenvalue weighted by molar-refractivity contribution is 5.66. The molecule has 0 saturated heterocycles. The van der Waals surface area contributed by atoms with Crippen LogP contribution in [0.3, 0.4) is 0 Å². The summed E-state index contributed by atoms with van der Waals surface area (Å²) in [5.41, 5.74) is 0.652. The molecule has 0 radical (unpaired) electrons.